The monoisotopic (exact) mass is 376 g/mol. The number of methoxy groups -OCH3 is 2. The molecular formula is C21H32N2O4. The fourth-order valence-electron chi connectivity index (χ4n) is 3.49. The van der Waals surface area contributed by atoms with E-state index in [2.05, 4.69) is 19.2 Å². The molecule has 1 saturated heterocycles. The highest BCUT2D eigenvalue weighted by Crippen LogP contribution is 2.39. The number of nitrogens with one attached hydrogen (secondary N) is 1. The van der Waals surface area contributed by atoms with E-state index in [0.29, 0.717) is 37.1 Å². The first-order valence-corrected chi connectivity index (χ1v) is 9.56. The molecule has 150 valence electrons. The number of ether oxygens (including phenoxy) is 2. The van der Waals surface area contributed by atoms with Gasteiger partial charge in [-0.15, -0.1) is 0 Å². The van der Waals surface area contributed by atoms with Gasteiger partial charge in [-0.25, -0.2) is 0 Å². The normalized spacial score (nSPS) is 19.5. The molecule has 1 fully saturated rings. The molecule has 0 aliphatic carbocycles. The summed E-state index contributed by atoms with van der Waals surface area (Å²) < 4.78 is 10.8. The molecule has 1 aliphatic rings. The lowest BCUT2D eigenvalue weighted by Gasteiger charge is -2.21. The van der Waals surface area contributed by atoms with Crippen molar-refractivity contribution < 1.29 is 19.1 Å². The van der Waals surface area contributed by atoms with Gasteiger partial charge in [-0.05, 0) is 12.0 Å². The van der Waals surface area contributed by atoms with Crippen molar-refractivity contribution in [2.75, 3.05) is 33.9 Å². The van der Waals surface area contributed by atoms with Gasteiger partial charge in [0.05, 0.1) is 20.1 Å². The lowest BCUT2D eigenvalue weighted by molar-refractivity contribution is -0.133. The average molecular weight is 376 g/mol. The van der Waals surface area contributed by atoms with Crippen LogP contribution in [0.25, 0.3) is 0 Å². The third-order valence-corrected chi connectivity index (χ3v) is 4.99. The third-order valence-electron chi connectivity index (χ3n) is 4.99. The number of hydrogen-bond donors (Lipinski definition) is 1. The van der Waals surface area contributed by atoms with Crippen LogP contribution in [0.2, 0.25) is 0 Å². The van der Waals surface area contributed by atoms with E-state index in [9.17, 15) is 9.59 Å². The summed E-state index contributed by atoms with van der Waals surface area (Å²) in [6, 6.07) is 5.63. The number of amides is 2. The fourth-order valence-corrected chi connectivity index (χ4v) is 3.49. The highest BCUT2D eigenvalue weighted by atomic mass is 16.5. The second-order valence-electron chi connectivity index (χ2n) is 7.86. The minimum Gasteiger partial charge on any atom is -0.497 e. The Balaban J connectivity index is 2.34. The van der Waals surface area contributed by atoms with Crippen LogP contribution < -0.4 is 14.8 Å². The van der Waals surface area contributed by atoms with Crippen LogP contribution in [0.5, 0.6) is 11.5 Å². The molecule has 2 atom stereocenters. The lowest BCUT2D eigenvalue weighted by Crippen LogP contribution is -2.37. The van der Waals surface area contributed by atoms with Crippen molar-refractivity contribution in [2.45, 2.75) is 33.6 Å². The molecule has 2 amide bonds. The average Bonchev–Trinajstić information content (AvgIpc) is 3.09. The van der Waals surface area contributed by atoms with E-state index in [1.807, 2.05) is 32.0 Å². The molecule has 1 N–H and O–H groups in total. The van der Waals surface area contributed by atoms with Crippen LogP contribution in [0.15, 0.2) is 18.2 Å². The van der Waals surface area contributed by atoms with Gasteiger partial charge in [0.1, 0.15) is 11.5 Å². The number of carbonyl (C=O) groups excluding carboxylic acids is 2. The van der Waals surface area contributed by atoms with Gasteiger partial charge in [0.15, 0.2) is 0 Å². The Labute approximate surface area is 162 Å². The highest BCUT2D eigenvalue weighted by molar-refractivity contribution is 5.84. The number of benzene rings is 1. The van der Waals surface area contributed by atoms with Crippen LogP contribution in [0.4, 0.5) is 0 Å². The second-order valence-corrected chi connectivity index (χ2v) is 7.86. The third kappa shape index (κ3) is 4.93. The van der Waals surface area contributed by atoms with Crippen LogP contribution in [-0.2, 0) is 9.59 Å². The largest absolute Gasteiger partial charge is 0.497 e. The van der Waals surface area contributed by atoms with Crippen molar-refractivity contribution in [1.29, 1.82) is 0 Å². The SMILES string of the molecule is COc1ccc([C@H]2CN(C(=O)C(C)C)C[C@@H]2C(=O)NCC(C)C)c(OC)c1. The first kappa shape index (κ1) is 21.1. The van der Waals surface area contributed by atoms with Gasteiger partial charge >= 0.3 is 0 Å². The first-order valence-electron chi connectivity index (χ1n) is 9.56. The van der Waals surface area contributed by atoms with Crippen LogP contribution in [-0.4, -0.2) is 50.6 Å². The predicted molar refractivity (Wildman–Crippen MR) is 105 cm³/mol. The van der Waals surface area contributed by atoms with Gasteiger partial charge in [0, 0.05) is 43.1 Å². The molecule has 1 aromatic rings. The maximum atomic E-state index is 12.9. The summed E-state index contributed by atoms with van der Waals surface area (Å²) in [5, 5.41) is 3.03. The van der Waals surface area contributed by atoms with Crippen LogP contribution >= 0.6 is 0 Å². The second kappa shape index (κ2) is 9.11. The zero-order valence-electron chi connectivity index (χ0n) is 17.2. The maximum Gasteiger partial charge on any atom is 0.225 e. The van der Waals surface area contributed by atoms with Crippen molar-refractivity contribution in [2.24, 2.45) is 17.8 Å². The predicted octanol–water partition coefficient (Wildman–Crippen LogP) is 2.67. The lowest BCUT2D eigenvalue weighted by atomic mass is 9.87. The molecule has 0 radical (unpaired) electrons. The fraction of sp³-hybridized carbons (Fsp3) is 0.619. The molecule has 1 heterocycles. The Morgan fingerprint density at radius 2 is 1.85 bits per heavy atom. The Morgan fingerprint density at radius 1 is 1.15 bits per heavy atom. The molecular weight excluding hydrogens is 344 g/mol. The molecule has 1 aromatic carbocycles. The van der Waals surface area contributed by atoms with E-state index < -0.39 is 0 Å². The van der Waals surface area contributed by atoms with E-state index >= 15 is 0 Å². The van der Waals surface area contributed by atoms with E-state index in [1.54, 1.807) is 19.1 Å². The number of nitrogens with zero attached hydrogens (tertiary/aromatic N) is 1. The molecule has 0 bridgehead atoms. The Morgan fingerprint density at radius 3 is 2.41 bits per heavy atom. The summed E-state index contributed by atoms with van der Waals surface area (Å²) in [6.07, 6.45) is 0. The summed E-state index contributed by atoms with van der Waals surface area (Å²) in [6.45, 7) is 9.47. The smallest absolute Gasteiger partial charge is 0.225 e. The topological polar surface area (TPSA) is 67.9 Å². The molecule has 0 unspecified atom stereocenters. The number of likely N-dealkylation sites (tertiary alicyclic amines) is 1. The summed E-state index contributed by atoms with van der Waals surface area (Å²) in [4.78, 5) is 27.2. The maximum absolute atomic E-state index is 12.9. The molecule has 2 rings (SSSR count). The number of hydrogen-bond acceptors (Lipinski definition) is 4. The summed E-state index contributed by atoms with van der Waals surface area (Å²) in [5.74, 6) is 1.31. The van der Waals surface area contributed by atoms with E-state index in [-0.39, 0.29) is 29.6 Å². The van der Waals surface area contributed by atoms with E-state index in [0.717, 1.165) is 5.56 Å². The summed E-state index contributed by atoms with van der Waals surface area (Å²) in [5.41, 5.74) is 0.932. The molecule has 6 heteroatoms. The Hall–Kier alpha value is -2.24. The van der Waals surface area contributed by atoms with Gasteiger partial charge in [-0.2, -0.15) is 0 Å². The quantitative estimate of drug-likeness (QED) is 0.794. The van der Waals surface area contributed by atoms with Gasteiger partial charge in [0.25, 0.3) is 0 Å². The van der Waals surface area contributed by atoms with Crippen LogP contribution in [0, 0.1) is 17.8 Å². The van der Waals surface area contributed by atoms with Crippen molar-refractivity contribution in [3.8, 4) is 11.5 Å². The number of carbonyl (C=O) groups is 2. The van der Waals surface area contributed by atoms with Crippen molar-refractivity contribution in [3.05, 3.63) is 23.8 Å². The van der Waals surface area contributed by atoms with Gasteiger partial charge in [-0.1, -0.05) is 33.8 Å². The van der Waals surface area contributed by atoms with Crippen molar-refractivity contribution in [3.63, 3.8) is 0 Å². The first-order chi connectivity index (χ1) is 12.8. The minimum atomic E-state index is -0.297. The van der Waals surface area contributed by atoms with Gasteiger partial charge in [0.2, 0.25) is 11.8 Å². The van der Waals surface area contributed by atoms with E-state index in [4.69, 9.17) is 9.47 Å². The Kier molecular flexibility index (Phi) is 7.11. The zero-order chi connectivity index (χ0) is 20.1. The van der Waals surface area contributed by atoms with E-state index in [1.165, 1.54) is 0 Å². The molecule has 0 spiro atoms. The Bertz CT molecular complexity index is 672. The molecule has 27 heavy (non-hydrogen) atoms. The highest BCUT2D eigenvalue weighted by Gasteiger charge is 2.41. The van der Waals surface area contributed by atoms with Crippen LogP contribution in [0.1, 0.15) is 39.2 Å². The number of rotatable bonds is 7. The molecule has 0 aromatic heterocycles. The summed E-state index contributed by atoms with van der Waals surface area (Å²) in [7, 11) is 3.22. The summed E-state index contributed by atoms with van der Waals surface area (Å²) >= 11 is 0. The minimum absolute atomic E-state index is 0.00868. The zero-order valence-corrected chi connectivity index (χ0v) is 17.2. The van der Waals surface area contributed by atoms with Gasteiger partial charge in [-0.3, -0.25) is 9.59 Å². The molecule has 6 nitrogen and oxygen atoms in total. The molecule has 1 aliphatic heterocycles. The van der Waals surface area contributed by atoms with Crippen LogP contribution in [0.3, 0.4) is 0 Å². The van der Waals surface area contributed by atoms with Gasteiger partial charge < -0.3 is 19.7 Å². The standard InChI is InChI=1S/C21H32N2O4/c1-13(2)10-22-20(24)18-12-23(21(25)14(3)4)11-17(18)16-8-7-15(26-5)9-19(16)27-6/h7-9,13-14,17-18H,10-12H2,1-6H3,(H,22,24)/t17-,18+/m1/s1. The van der Waals surface area contributed by atoms with Crippen molar-refractivity contribution in [1.82, 2.24) is 10.2 Å². The van der Waals surface area contributed by atoms with Crippen molar-refractivity contribution >= 4 is 11.8 Å². The molecule has 0 saturated carbocycles.